The molecule has 8 heteroatoms. The molecule has 1 saturated heterocycles. The molecule has 0 aromatic carbocycles. The summed E-state index contributed by atoms with van der Waals surface area (Å²) in [6.45, 7) is 2.30. The molecule has 0 radical (unpaired) electrons. The summed E-state index contributed by atoms with van der Waals surface area (Å²) < 4.78 is 20.5. The summed E-state index contributed by atoms with van der Waals surface area (Å²) in [7, 11) is 0. The van der Waals surface area contributed by atoms with Crippen LogP contribution in [0.5, 0.6) is 5.88 Å². The third kappa shape index (κ3) is 2.95. The monoisotopic (exact) mass is 392 g/mol. The molecule has 29 heavy (non-hydrogen) atoms. The highest BCUT2D eigenvalue weighted by Gasteiger charge is 2.35. The SMILES string of the molecule is FC1CC(NC2CN(c3ccc(-n4cc5c(n4)-c4cccnc4OC5)cn3)C2)C1. The van der Waals surface area contributed by atoms with Gasteiger partial charge in [0.05, 0.1) is 17.4 Å². The molecule has 0 amide bonds. The molecule has 2 aliphatic heterocycles. The molecule has 0 bridgehead atoms. The summed E-state index contributed by atoms with van der Waals surface area (Å²) in [4.78, 5) is 11.1. The molecule has 6 rings (SSSR count). The molecule has 0 unspecified atom stereocenters. The minimum absolute atomic E-state index is 0.350. The van der Waals surface area contributed by atoms with Crippen molar-refractivity contribution >= 4 is 5.82 Å². The van der Waals surface area contributed by atoms with Crippen LogP contribution in [0, 0.1) is 0 Å². The molecule has 1 aliphatic carbocycles. The lowest BCUT2D eigenvalue weighted by Crippen LogP contribution is -2.62. The highest BCUT2D eigenvalue weighted by molar-refractivity contribution is 5.69. The number of hydrogen-bond donors (Lipinski definition) is 1. The van der Waals surface area contributed by atoms with Crippen LogP contribution < -0.4 is 15.0 Å². The Hall–Kier alpha value is -3.00. The Morgan fingerprint density at radius 3 is 2.79 bits per heavy atom. The first-order chi connectivity index (χ1) is 14.2. The van der Waals surface area contributed by atoms with Crippen molar-refractivity contribution < 1.29 is 9.13 Å². The van der Waals surface area contributed by atoms with Crippen LogP contribution in [0.25, 0.3) is 16.9 Å². The summed E-state index contributed by atoms with van der Waals surface area (Å²) in [5.41, 5.74) is 3.78. The molecular weight excluding hydrogens is 371 g/mol. The average molecular weight is 392 g/mol. The molecule has 1 N–H and O–H groups in total. The van der Waals surface area contributed by atoms with E-state index in [4.69, 9.17) is 9.84 Å². The maximum absolute atomic E-state index is 12.9. The van der Waals surface area contributed by atoms with Gasteiger partial charge in [-0.25, -0.2) is 19.0 Å². The van der Waals surface area contributed by atoms with Crippen LogP contribution in [0.2, 0.25) is 0 Å². The maximum atomic E-state index is 12.9. The van der Waals surface area contributed by atoms with Crippen LogP contribution in [0.4, 0.5) is 10.2 Å². The number of pyridine rings is 2. The van der Waals surface area contributed by atoms with E-state index in [9.17, 15) is 4.39 Å². The molecule has 0 spiro atoms. The van der Waals surface area contributed by atoms with Gasteiger partial charge in [0.15, 0.2) is 0 Å². The lowest BCUT2D eigenvalue weighted by atomic mass is 9.89. The van der Waals surface area contributed by atoms with E-state index in [-0.39, 0.29) is 0 Å². The first-order valence-corrected chi connectivity index (χ1v) is 10.0. The lowest BCUT2D eigenvalue weighted by molar-refractivity contribution is 0.141. The second-order valence-electron chi connectivity index (χ2n) is 8.00. The van der Waals surface area contributed by atoms with Crippen LogP contribution in [0.3, 0.4) is 0 Å². The van der Waals surface area contributed by atoms with Crippen molar-refractivity contribution in [2.75, 3.05) is 18.0 Å². The molecule has 148 valence electrons. The zero-order valence-electron chi connectivity index (χ0n) is 15.8. The van der Waals surface area contributed by atoms with Crippen LogP contribution in [-0.2, 0) is 6.61 Å². The Kier molecular flexibility index (Phi) is 3.80. The summed E-state index contributed by atoms with van der Waals surface area (Å²) >= 11 is 0. The topological polar surface area (TPSA) is 68.1 Å². The number of ether oxygens (including phenoxy) is 1. The number of alkyl halides is 1. The fraction of sp³-hybridized carbons (Fsp3) is 0.381. The number of anilines is 1. The third-order valence-corrected chi connectivity index (χ3v) is 5.93. The highest BCUT2D eigenvalue weighted by atomic mass is 19.1. The Balaban J connectivity index is 1.15. The van der Waals surface area contributed by atoms with Gasteiger partial charge < -0.3 is 15.0 Å². The molecule has 3 aliphatic rings. The van der Waals surface area contributed by atoms with Crippen LogP contribution in [0.15, 0.2) is 42.9 Å². The van der Waals surface area contributed by atoms with E-state index in [1.54, 1.807) is 6.20 Å². The second-order valence-corrected chi connectivity index (χ2v) is 8.00. The zero-order valence-corrected chi connectivity index (χ0v) is 15.8. The highest BCUT2D eigenvalue weighted by Crippen LogP contribution is 2.35. The number of halogens is 1. The summed E-state index contributed by atoms with van der Waals surface area (Å²) in [5.74, 6) is 1.59. The standard InChI is InChI=1S/C21H21FN6O/c22-14-6-15(7-14)25-16-10-27(11-16)19-4-3-17(8-24-19)28-9-13-12-29-21-18(20(13)26-28)2-1-5-23-21/h1-5,8-9,14-16,25H,6-7,10-12H2. The normalized spacial score (nSPS) is 22.9. The first kappa shape index (κ1) is 16.9. The average Bonchev–Trinajstić information content (AvgIpc) is 3.14. The Morgan fingerprint density at radius 1 is 1.10 bits per heavy atom. The van der Waals surface area contributed by atoms with Gasteiger partial charge in [-0.05, 0) is 37.1 Å². The number of nitrogens with zero attached hydrogens (tertiary/aromatic N) is 5. The minimum atomic E-state index is -0.609. The number of rotatable bonds is 4. The third-order valence-electron chi connectivity index (χ3n) is 5.93. The van der Waals surface area contributed by atoms with Gasteiger partial charge in [-0.15, -0.1) is 0 Å². The van der Waals surface area contributed by atoms with Gasteiger partial charge >= 0.3 is 0 Å². The van der Waals surface area contributed by atoms with E-state index in [0.717, 1.165) is 41.4 Å². The van der Waals surface area contributed by atoms with E-state index < -0.39 is 6.17 Å². The number of hydrogen-bond acceptors (Lipinski definition) is 6. The van der Waals surface area contributed by atoms with Crippen LogP contribution >= 0.6 is 0 Å². The van der Waals surface area contributed by atoms with Gasteiger partial charge in [0, 0.05) is 43.1 Å². The zero-order chi connectivity index (χ0) is 19.4. The van der Waals surface area contributed by atoms with Crippen molar-refractivity contribution in [2.45, 2.75) is 37.7 Å². The molecule has 5 heterocycles. The van der Waals surface area contributed by atoms with E-state index in [1.807, 2.05) is 41.3 Å². The first-order valence-electron chi connectivity index (χ1n) is 10.0. The summed E-state index contributed by atoms with van der Waals surface area (Å²) in [5, 5.41) is 8.26. The van der Waals surface area contributed by atoms with E-state index in [2.05, 4.69) is 20.2 Å². The quantitative estimate of drug-likeness (QED) is 0.736. The molecule has 3 aromatic rings. The van der Waals surface area contributed by atoms with Crippen molar-refractivity contribution in [1.29, 1.82) is 0 Å². The van der Waals surface area contributed by atoms with Gasteiger partial charge in [0.1, 0.15) is 24.3 Å². The molecule has 0 atom stereocenters. The predicted molar refractivity (Wildman–Crippen MR) is 106 cm³/mol. The Labute approximate surface area is 167 Å². The fourth-order valence-corrected chi connectivity index (χ4v) is 4.20. The Bertz CT molecular complexity index is 1040. The van der Waals surface area contributed by atoms with Crippen molar-refractivity contribution in [3.8, 4) is 22.8 Å². The lowest BCUT2D eigenvalue weighted by Gasteiger charge is -2.44. The van der Waals surface area contributed by atoms with Gasteiger partial charge in [0.2, 0.25) is 5.88 Å². The van der Waals surface area contributed by atoms with Crippen molar-refractivity contribution in [2.24, 2.45) is 0 Å². The smallest absolute Gasteiger partial charge is 0.223 e. The maximum Gasteiger partial charge on any atom is 0.223 e. The van der Waals surface area contributed by atoms with E-state index in [1.165, 1.54) is 0 Å². The number of aromatic nitrogens is 4. The molecule has 7 nitrogen and oxygen atoms in total. The predicted octanol–water partition coefficient (Wildman–Crippen LogP) is 2.50. The minimum Gasteiger partial charge on any atom is -0.472 e. The van der Waals surface area contributed by atoms with Crippen molar-refractivity contribution in [3.05, 3.63) is 48.4 Å². The van der Waals surface area contributed by atoms with E-state index in [0.29, 0.717) is 37.4 Å². The van der Waals surface area contributed by atoms with Crippen LogP contribution in [0.1, 0.15) is 18.4 Å². The largest absolute Gasteiger partial charge is 0.472 e. The molecule has 2 fully saturated rings. The van der Waals surface area contributed by atoms with Crippen LogP contribution in [-0.4, -0.2) is 51.1 Å². The molecular formula is C21H21FN6O. The fourth-order valence-electron chi connectivity index (χ4n) is 4.20. The summed E-state index contributed by atoms with van der Waals surface area (Å²) in [6.07, 6.45) is 6.26. The number of nitrogens with one attached hydrogen (secondary N) is 1. The van der Waals surface area contributed by atoms with Gasteiger partial charge in [-0.1, -0.05) is 0 Å². The van der Waals surface area contributed by atoms with Gasteiger partial charge in [-0.3, -0.25) is 0 Å². The number of fused-ring (bicyclic) bond motifs is 3. The van der Waals surface area contributed by atoms with E-state index >= 15 is 0 Å². The van der Waals surface area contributed by atoms with Crippen molar-refractivity contribution in [3.63, 3.8) is 0 Å². The van der Waals surface area contributed by atoms with Crippen molar-refractivity contribution in [1.82, 2.24) is 25.1 Å². The molecule has 1 saturated carbocycles. The van der Waals surface area contributed by atoms with Gasteiger partial charge in [0.25, 0.3) is 0 Å². The van der Waals surface area contributed by atoms with Gasteiger partial charge in [-0.2, -0.15) is 5.10 Å². The second kappa shape index (κ2) is 6.52. The molecule has 3 aromatic heterocycles. The summed E-state index contributed by atoms with van der Waals surface area (Å²) in [6, 6.07) is 8.71. The Morgan fingerprint density at radius 2 is 2.00 bits per heavy atom.